The average molecular weight is 247 g/mol. The normalized spacial score (nSPS) is 14.4. The topological polar surface area (TPSA) is 49.3 Å². The van der Waals surface area contributed by atoms with Gasteiger partial charge in [0.25, 0.3) is 0 Å². The Morgan fingerprint density at radius 2 is 2.11 bits per heavy atom. The van der Waals surface area contributed by atoms with Gasteiger partial charge in [0, 0.05) is 12.6 Å². The van der Waals surface area contributed by atoms with E-state index in [1.165, 1.54) is 6.08 Å². The summed E-state index contributed by atoms with van der Waals surface area (Å²) in [5, 5.41) is 12.5. The van der Waals surface area contributed by atoms with Gasteiger partial charge >= 0.3 is 0 Å². The Labute approximate surface area is 109 Å². The van der Waals surface area contributed by atoms with E-state index in [0.29, 0.717) is 6.42 Å². The molecule has 0 saturated heterocycles. The molecule has 18 heavy (non-hydrogen) atoms. The van der Waals surface area contributed by atoms with Crippen LogP contribution in [0.15, 0.2) is 30.3 Å². The predicted molar refractivity (Wildman–Crippen MR) is 74.1 cm³/mol. The molecular formula is C15H21NO2. The van der Waals surface area contributed by atoms with Crippen LogP contribution in [-0.4, -0.2) is 23.2 Å². The molecule has 2 N–H and O–H groups in total. The molecular weight excluding hydrogens is 226 g/mol. The molecule has 0 aromatic heterocycles. The maximum absolute atomic E-state index is 11.6. The van der Waals surface area contributed by atoms with E-state index in [1.54, 1.807) is 13.0 Å². The van der Waals surface area contributed by atoms with Crippen molar-refractivity contribution in [3.05, 3.63) is 41.5 Å². The molecule has 1 atom stereocenters. The van der Waals surface area contributed by atoms with Crippen LogP contribution in [0.25, 0.3) is 6.08 Å². The summed E-state index contributed by atoms with van der Waals surface area (Å²) in [6.07, 6.45) is 3.88. The van der Waals surface area contributed by atoms with Crippen LogP contribution in [0.5, 0.6) is 0 Å². The molecule has 1 aromatic carbocycles. The zero-order chi connectivity index (χ0) is 13.6. The number of amides is 1. The van der Waals surface area contributed by atoms with E-state index in [4.69, 9.17) is 0 Å². The zero-order valence-corrected chi connectivity index (χ0v) is 11.2. The summed E-state index contributed by atoms with van der Waals surface area (Å²) in [7, 11) is 0. The van der Waals surface area contributed by atoms with Gasteiger partial charge in [-0.25, -0.2) is 0 Å². The quantitative estimate of drug-likeness (QED) is 0.784. The van der Waals surface area contributed by atoms with Gasteiger partial charge in [-0.05, 0) is 37.5 Å². The standard InChI is InChI=1S/C15H21NO2/c1-4-15(3,18)11-16-14(17)10-9-13-8-6-5-7-12(13)2/h5-10,18H,4,11H2,1-3H3,(H,16,17). The van der Waals surface area contributed by atoms with Crippen LogP contribution < -0.4 is 5.32 Å². The first-order chi connectivity index (χ1) is 8.44. The number of carbonyl (C=O) groups is 1. The summed E-state index contributed by atoms with van der Waals surface area (Å²) in [5.74, 6) is -0.188. The molecule has 0 spiro atoms. The van der Waals surface area contributed by atoms with E-state index in [2.05, 4.69) is 5.32 Å². The predicted octanol–water partition coefficient (Wildman–Crippen LogP) is 2.29. The summed E-state index contributed by atoms with van der Waals surface area (Å²) in [6, 6.07) is 7.86. The van der Waals surface area contributed by atoms with Gasteiger partial charge < -0.3 is 10.4 Å². The molecule has 1 unspecified atom stereocenters. The van der Waals surface area contributed by atoms with Gasteiger partial charge in [-0.3, -0.25) is 4.79 Å². The number of aliphatic hydroxyl groups is 1. The lowest BCUT2D eigenvalue weighted by Gasteiger charge is -2.20. The maximum atomic E-state index is 11.6. The number of rotatable bonds is 5. The Hall–Kier alpha value is -1.61. The van der Waals surface area contributed by atoms with E-state index >= 15 is 0 Å². The van der Waals surface area contributed by atoms with Crippen molar-refractivity contribution in [2.24, 2.45) is 0 Å². The van der Waals surface area contributed by atoms with Gasteiger partial charge in [-0.1, -0.05) is 31.2 Å². The number of benzene rings is 1. The second kappa shape index (κ2) is 6.36. The van der Waals surface area contributed by atoms with Gasteiger partial charge in [0.1, 0.15) is 0 Å². The molecule has 98 valence electrons. The fraction of sp³-hybridized carbons (Fsp3) is 0.400. The van der Waals surface area contributed by atoms with E-state index in [9.17, 15) is 9.90 Å². The zero-order valence-electron chi connectivity index (χ0n) is 11.2. The van der Waals surface area contributed by atoms with E-state index in [0.717, 1.165) is 11.1 Å². The highest BCUT2D eigenvalue weighted by Crippen LogP contribution is 2.09. The lowest BCUT2D eigenvalue weighted by Crippen LogP contribution is -2.39. The lowest BCUT2D eigenvalue weighted by atomic mass is 10.0. The Balaban J connectivity index is 2.53. The molecule has 1 aromatic rings. The summed E-state index contributed by atoms with van der Waals surface area (Å²) >= 11 is 0. The number of hydrogen-bond donors (Lipinski definition) is 2. The maximum Gasteiger partial charge on any atom is 0.244 e. The molecule has 1 rings (SSSR count). The van der Waals surface area contributed by atoms with Crippen LogP contribution in [0.4, 0.5) is 0 Å². The first-order valence-corrected chi connectivity index (χ1v) is 6.18. The average Bonchev–Trinajstić information content (AvgIpc) is 2.35. The van der Waals surface area contributed by atoms with Crippen molar-refractivity contribution in [2.75, 3.05) is 6.54 Å². The molecule has 0 aliphatic heterocycles. The largest absolute Gasteiger partial charge is 0.388 e. The van der Waals surface area contributed by atoms with Crippen molar-refractivity contribution in [1.29, 1.82) is 0 Å². The van der Waals surface area contributed by atoms with Crippen LogP contribution in [0.3, 0.4) is 0 Å². The Morgan fingerprint density at radius 3 is 2.72 bits per heavy atom. The van der Waals surface area contributed by atoms with Crippen molar-refractivity contribution < 1.29 is 9.90 Å². The minimum absolute atomic E-state index is 0.188. The summed E-state index contributed by atoms with van der Waals surface area (Å²) < 4.78 is 0. The van der Waals surface area contributed by atoms with Crippen molar-refractivity contribution in [2.45, 2.75) is 32.8 Å². The van der Waals surface area contributed by atoms with Gasteiger partial charge in [0.2, 0.25) is 5.91 Å². The fourth-order valence-corrected chi connectivity index (χ4v) is 1.40. The van der Waals surface area contributed by atoms with Crippen molar-refractivity contribution in [3.8, 4) is 0 Å². The van der Waals surface area contributed by atoms with Crippen molar-refractivity contribution in [3.63, 3.8) is 0 Å². The molecule has 3 nitrogen and oxygen atoms in total. The van der Waals surface area contributed by atoms with Gasteiger partial charge in [0.05, 0.1) is 5.60 Å². The van der Waals surface area contributed by atoms with E-state index < -0.39 is 5.60 Å². The van der Waals surface area contributed by atoms with Crippen molar-refractivity contribution in [1.82, 2.24) is 5.32 Å². The monoisotopic (exact) mass is 247 g/mol. The van der Waals surface area contributed by atoms with E-state index in [-0.39, 0.29) is 12.5 Å². The van der Waals surface area contributed by atoms with Crippen LogP contribution in [0.1, 0.15) is 31.4 Å². The van der Waals surface area contributed by atoms with E-state index in [1.807, 2.05) is 38.1 Å². The number of aryl methyl sites for hydroxylation is 1. The fourth-order valence-electron chi connectivity index (χ4n) is 1.40. The summed E-state index contributed by atoms with van der Waals surface area (Å²) in [6.45, 7) is 5.85. The molecule has 0 bridgehead atoms. The third-order valence-corrected chi connectivity index (χ3v) is 3.01. The summed E-state index contributed by atoms with van der Waals surface area (Å²) in [5.41, 5.74) is 1.31. The molecule has 0 aliphatic carbocycles. The minimum atomic E-state index is -0.841. The molecule has 0 aliphatic rings. The Morgan fingerprint density at radius 1 is 1.44 bits per heavy atom. The number of carbonyl (C=O) groups excluding carboxylic acids is 1. The minimum Gasteiger partial charge on any atom is -0.388 e. The van der Waals surface area contributed by atoms with Gasteiger partial charge in [-0.2, -0.15) is 0 Å². The van der Waals surface area contributed by atoms with Crippen LogP contribution in [0, 0.1) is 6.92 Å². The molecule has 0 fully saturated rings. The molecule has 3 heteroatoms. The second-order valence-corrected chi connectivity index (χ2v) is 4.76. The highest BCUT2D eigenvalue weighted by molar-refractivity contribution is 5.91. The molecule has 0 saturated carbocycles. The number of nitrogens with one attached hydrogen (secondary N) is 1. The second-order valence-electron chi connectivity index (χ2n) is 4.76. The SMILES string of the molecule is CCC(C)(O)CNC(=O)C=Cc1ccccc1C. The third-order valence-electron chi connectivity index (χ3n) is 3.01. The van der Waals surface area contributed by atoms with Crippen LogP contribution >= 0.6 is 0 Å². The van der Waals surface area contributed by atoms with Gasteiger partial charge in [0.15, 0.2) is 0 Å². The Kier molecular flexibility index (Phi) is 5.10. The molecule has 0 radical (unpaired) electrons. The first kappa shape index (κ1) is 14.5. The third kappa shape index (κ3) is 4.72. The first-order valence-electron chi connectivity index (χ1n) is 6.18. The molecule has 1 amide bonds. The summed E-state index contributed by atoms with van der Waals surface area (Å²) in [4.78, 5) is 11.6. The molecule has 0 heterocycles. The van der Waals surface area contributed by atoms with Gasteiger partial charge in [-0.15, -0.1) is 0 Å². The lowest BCUT2D eigenvalue weighted by molar-refractivity contribution is -0.117. The van der Waals surface area contributed by atoms with Crippen molar-refractivity contribution >= 4 is 12.0 Å². The van der Waals surface area contributed by atoms with Crippen LogP contribution in [-0.2, 0) is 4.79 Å². The highest BCUT2D eigenvalue weighted by atomic mass is 16.3. The highest BCUT2D eigenvalue weighted by Gasteiger charge is 2.17. The smallest absolute Gasteiger partial charge is 0.244 e. The number of hydrogen-bond acceptors (Lipinski definition) is 2. The van der Waals surface area contributed by atoms with Crippen LogP contribution in [0.2, 0.25) is 0 Å². The Bertz CT molecular complexity index is 436.